The van der Waals surface area contributed by atoms with Gasteiger partial charge in [0.2, 0.25) is 0 Å². The minimum Gasteiger partial charge on any atom is -0.482 e. The minimum absolute atomic E-state index is 0.0779. The van der Waals surface area contributed by atoms with Crippen molar-refractivity contribution in [1.29, 1.82) is 0 Å². The first-order valence-electron chi connectivity index (χ1n) is 13.2. The number of rotatable bonds is 9. The zero-order valence-electron chi connectivity index (χ0n) is 22.4. The van der Waals surface area contributed by atoms with E-state index in [-0.39, 0.29) is 44.8 Å². The summed E-state index contributed by atoms with van der Waals surface area (Å²) >= 11 is -0.230. The maximum atomic E-state index is 12.4. The lowest BCUT2D eigenvalue weighted by molar-refractivity contribution is -0.597. The molecule has 196 valence electrons. The largest absolute Gasteiger partial charge is 0.482 e. The highest BCUT2D eigenvalue weighted by atomic mass is 127. The molecule has 0 aliphatic heterocycles. The maximum absolute atomic E-state index is 12.4. The Morgan fingerprint density at radius 3 is 1.84 bits per heavy atom. The molecular weight excluding hydrogens is 575 g/mol. The number of hydrogen-bond donors (Lipinski definition) is 0. The lowest BCUT2D eigenvalue weighted by Crippen LogP contribution is -3.61. The van der Waals surface area contributed by atoms with Crippen LogP contribution in [0.4, 0.5) is 0 Å². The van der Waals surface area contributed by atoms with Crippen molar-refractivity contribution in [3.05, 3.63) is 85.5 Å². The van der Waals surface area contributed by atoms with Crippen molar-refractivity contribution in [2.45, 2.75) is 77.2 Å². The highest BCUT2D eigenvalue weighted by Crippen LogP contribution is 2.34. The lowest BCUT2D eigenvalue weighted by Gasteiger charge is -2.35. The van der Waals surface area contributed by atoms with Gasteiger partial charge in [-0.1, -0.05) is 46.2 Å². The molecule has 0 unspecified atom stereocenters. The van der Waals surface area contributed by atoms with Gasteiger partial charge in [-0.05, 0) is 104 Å². The Labute approximate surface area is 232 Å². The van der Waals surface area contributed by atoms with E-state index in [0.29, 0.717) is 5.75 Å². The third-order valence-electron chi connectivity index (χ3n) is 6.90. The summed E-state index contributed by atoms with van der Waals surface area (Å²) in [5, 5.41) is 0. The Kier molecular flexibility index (Phi) is 9.17. The first kappa shape index (κ1) is 27.5. The Morgan fingerprint density at radius 2 is 1.30 bits per heavy atom. The molecular formula is C32H38IO4+. The van der Waals surface area contributed by atoms with Crippen LogP contribution in [0.3, 0.4) is 0 Å². The number of hydrogen-bond acceptors (Lipinski definition) is 4. The summed E-state index contributed by atoms with van der Waals surface area (Å²) in [6, 6.07) is 24.7. The normalized spacial score (nSPS) is 15.1. The van der Waals surface area contributed by atoms with Crippen molar-refractivity contribution in [3.63, 3.8) is 0 Å². The van der Waals surface area contributed by atoms with Crippen LogP contribution in [0.5, 0.6) is 17.2 Å². The highest BCUT2D eigenvalue weighted by Gasteiger charge is 2.34. The monoisotopic (exact) mass is 613 g/mol. The molecule has 0 spiro atoms. The van der Waals surface area contributed by atoms with Crippen molar-refractivity contribution in [3.8, 4) is 17.2 Å². The van der Waals surface area contributed by atoms with Crippen LogP contribution in [0, 0.1) is 7.14 Å². The van der Waals surface area contributed by atoms with Gasteiger partial charge in [-0.25, -0.2) is 4.79 Å². The van der Waals surface area contributed by atoms with Crippen molar-refractivity contribution in [2.24, 2.45) is 0 Å². The molecule has 0 N–H and O–H groups in total. The molecule has 0 heterocycles. The van der Waals surface area contributed by atoms with Crippen LogP contribution in [0.1, 0.15) is 71.8 Å². The van der Waals surface area contributed by atoms with Gasteiger partial charge in [-0.15, -0.1) is 0 Å². The molecule has 1 aliphatic carbocycles. The second-order valence-corrected chi connectivity index (χ2v) is 13.8. The predicted molar refractivity (Wildman–Crippen MR) is 143 cm³/mol. The van der Waals surface area contributed by atoms with E-state index in [9.17, 15) is 4.79 Å². The molecule has 1 saturated carbocycles. The van der Waals surface area contributed by atoms with Crippen molar-refractivity contribution in [1.82, 2.24) is 0 Å². The lowest BCUT2D eigenvalue weighted by atomic mass is 9.83. The van der Waals surface area contributed by atoms with Crippen LogP contribution in [-0.2, 0) is 14.9 Å². The molecule has 0 saturated heterocycles. The Balaban J connectivity index is 1.25. The smallest absolute Gasteiger partial charge is 0.357 e. The van der Waals surface area contributed by atoms with Gasteiger partial charge in [0.1, 0.15) is 22.8 Å². The number of ether oxygens (including phenoxy) is 3. The fourth-order valence-electron chi connectivity index (χ4n) is 4.58. The van der Waals surface area contributed by atoms with Crippen LogP contribution in [0.15, 0.2) is 72.8 Å². The van der Waals surface area contributed by atoms with Gasteiger partial charge in [0, 0.05) is 0 Å². The third kappa shape index (κ3) is 7.97. The van der Waals surface area contributed by atoms with Crippen LogP contribution >= 0.6 is 0 Å². The maximum Gasteiger partial charge on any atom is 0.357 e. The van der Waals surface area contributed by atoms with Gasteiger partial charge >= 0.3 is 27.2 Å². The van der Waals surface area contributed by atoms with Gasteiger partial charge in [-0.2, -0.15) is 0 Å². The quantitative estimate of drug-likeness (QED) is 0.254. The van der Waals surface area contributed by atoms with E-state index in [1.807, 2.05) is 36.4 Å². The molecule has 3 aromatic rings. The van der Waals surface area contributed by atoms with E-state index >= 15 is 0 Å². The van der Waals surface area contributed by atoms with E-state index in [2.05, 4.69) is 64.1 Å². The van der Waals surface area contributed by atoms with E-state index in [0.717, 1.165) is 43.6 Å². The summed E-state index contributed by atoms with van der Waals surface area (Å²) in [6.45, 7) is 8.75. The van der Waals surface area contributed by atoms with Crippen LogP contribution in [0.2, 0.25) is 0 Å². The van der Waals surface area contributed by atoms with Crippen molar-refractivity contribution >= 4 is 5.97 Å². The number of benzene rings is 3. The Bertz CT molecular complexity index is 1140. The number of esters is 1. The zero-order chi connectivity index (χ0) is 26.3. The molecule has 0 radical (unpaired) electrons. The van der Waals surface area contributed by atoms with Crippen LogP contribution in [-0.4, -0.2) is 18.2 Å². The summed E-state index contributed by atoms with van der Waals surface area (Å²) in [6.07, 6.45) is 6.24. The first-order chi connectivity index (χ1) is 17.7. The van der Waals surface area contributed by atoms with E-state index in [4.69, 9.17) is 14.2 Å². The van der Waals surface area contributed by atoms with Gasteiger partial charge < -0.3 is 14.2 Å². The predicted octanol–water partition coefficient (Wildman–Crippen LogP) is 4.94. The molecule has 3 aromatic carbocycles. The van der Waals surface area contributed by atoms with Gasteiger partial charge in [0.15, 0.2) is 13.7 Å². The molecule has 4 nitrogen and oxygen atoms in total. The second-order valence-electron chi connectivity index (χ2n) is 10.7. The molecule has 0 amide bonds. The molecule has 4 rings (SSSR count). The Morgan fingerprint density at radius 1 is 0.784 bits per heavy atom. The summed E-state index contributed by atoms with van der Waals surface area (Å²) in [4.78, 5) is 12.4. The van der Waals surface area contributed by atoms with Gasteiger partial charge in [0.05, 0.1) is 0 Å². The third-order valence-corrected chi connectivity index (χ3v) is 9.58. The molecule has 5 heteroatoms. The SMILES string of the molecule is CCC1(OC(=O)COc2ccc(Oc3ccc([I+]c4ccc(C(C)(C)C)cc4)cc3)cc2)CCCCC1. The first-order valence-corrected chi connectivity index (χ1v) is 15.4. The van der Waals surface area contributed by atoms with E-state index in [1.165, 1.54) is 19.1 Å². The van der Waals surface area contributed by atoms with Crippen LogP contribution < -0.4 is 30.7 Å². The molecule has 0 bridgehead atoms. The van der Waals surface area contributed by atoms with Crippen molar-refractivity contribution < 1.29 is 40.2 Å². The fraction of sp³-hybridized carbons (Fsp3) is 0.406. The summed E-state index contributed by atoms with van der Waals surface area (Å²) in [7, 11) is 0. The van der Waals surface area contributed by atoms with Gasteiger partial charge in [-0.3, -0.25) is 0 Å². The van der Waals surface area contributed by atoms with Crippen molar-refractivity contribution in [2.75, 3.05) is 6.61 Å². The number of carbonyl (C=O) groups excluding carboxylic acids is 1. The molecule has 0 atom stereocenters. The highest BCUT2D eigenvalue weighted by molar-refractivity contribution is 5.71. The molecule has 1 aliphatic rings. The van der Waals surface area contributed by atoms with E-state index in [1.54, 1.807) is 0 Å². The molecule has 37 heavy (non-hydrogen) atoms. The second kappa shape index (κ2) is 12.3. The van der Waals surface area contributed by atoms with Crippen LogP contribution in [0.25, 0.3) is 0 Å². The average Bonchev–Trinajstić information content (AvgIpc) is 2.90. The minimum atomic E-state index is -0.301. The summed E-state index contributed by atoms with van der Waals surface area (Å²) in [5.41, 5.74) is 1.24. The number of carbonyl (C=O) groups is 1. The fourth-order valence-corrected chi connectivity index (χ4v) is 6.74. The average molecular weight is 614 g/mol. The van der Waals surface area contributed by atoms with Gasteiger partial charge in [0.25, 0.3) is 0 Å². The summed E-state index contributed by atoms with van der Waals surface area (Å²) < 4.78 is 20.3. The topological polar surface area (TPSA) is 44.8 Å². The Hall–Kier alpha value is -2.54. The molecule has 1 fully saturated rings. The molecule has 0 aromatic heterocycles. The zero-order valence-corrected chi connectivity index (χ0v) is 24.5. The van der Waals surface area contributed by atoms with E-state index < -0.39 is 0 Å². The number of halogens is 1. The standard InChI is InChI=1S/C32H38IO4/c1-5-32(21-7-6-8-22-32)37-30(34)23-35-27-17-19-29(20-18-27)36-28-15-13-26(14-16-28)33-25-11-9-24(10-12-25)31(2,3)4/h9-20H,5-8,21-23H2,1-4H3/q+1. The summed E-state index contributed by atoms with van der Waals surface area (Å²) in [5.74, 6) is 1.85.